The average molecular weight is 282 g/mol. The zero-order valence-corrected chi connectivity index (χ0v) is 12.3. The van der Waals surface area contributed by atoms with E-state index >= 15 is 0 Å². The summed E-state index contributed by atoms with van der Waals surface area (Å²) in [5.74, 6) is 4.95. The van der Waals surface area contributed by atoms with Gasteiger partial charge in [-0.1, -0.05) is 19.8 Å². The first kappa shape index (κ1) is 18.3. The summed E-state index contributed by atoms with van der Waals surface area (Å²) in [6.45, 7) is 3.51. The van der Waals surface area contributed by atoms with Gasteiger partial charge in [-0.15, -0.1) is 11.8 Å². The van der Waals surface area contributed by atoms with Gasteiger partial charge in [0.05, 0.1) is 6.42 Å². The summed E-state index contributed by atoms with van der Waals surface area (Å²) in [5, 5.41) is 14.0. The van der Waals surface area contributed by atoms with E-state index in [2.05, 4.69) is 29.4 Å². The molecule has 0 rings (SSSR count). The van der Waals surface area contributed by atoms with Gasteiger partial charge < -0.3 is 15.7 Å². The highest BCUT2D eigenvalue weighted by Gasteiger charge is 1.97. The van der Waals surface area contributed by atoms with Crippen LogP contribution in [0.15, 0.2) is 0 Å². The van der Waals surface area contributed by atoms with Gasteiger partial charge in [0.15, 0.2) is 0 Å². The molecule has 0 aromatic carbocycles. The fourth-order valence-corrected chi connectivity index (χ4v) is 1.53. The molecule has 0 heterocycles. The number of aliphatic carboxylic acids is 1. The number of amides is 2. The number of carboxylic acids is 1. The molecule has 5 heteroatoms. The van der Waals surface area contributed by atoms with Crippen LogP contribution in [0.1, 0.15) is 58.3 Å². The van der Waals surface area contributed by atoms with Gasteiger partial charge in [0.2, 0.25) is 0 Å². The van der Waals surface area contributed by atoms with Gasteiger partial charge in [-0.2, -0.15) is 0 Å². The number of hydrogen-bond acceptors (Lipinski definition) is 2. The standard InChI is InChI=1S/C15H26N2O3/c1-2-3-9-12-16-15(20)17-13-10-7-5-4-6-8-11-14(18)19/h2-3,5,7-13H2,1H3,(H,18,19)(H2,16,17,20). The van der Waals surface area contributed by atoms with Crippen molar-refractivity contribution in [2.75, 3.05) is 13.1 Å². The van der Waals surface area contributed by atoms with E-state index in [1.165, 1.54) is 0 Å². The molecule has 0 spiro atoms. The van der Waals surface area contributed by atoms with Crippen LogP contribution < -0.4 is 10.6 Å². The zero-order valence-electron chi connectivity index (χ0n) is 12.3. The van der Waals surface area contributed by atoms with E-state index in [0.717, 1.165) is 45.1 Å². The van der Waals surface area contributed by atoms with Crippen LogP contribution in [0.2, 0.25) is 0 Å². The topological polar surface area (TPSA) is 78.4 Å². The normalized spacial score (nSPS) is 9.45. The molecule has 0 aliphatic rings. The first-order valence-electron chi connectivity index (χ1n) is 7.36. The number of hydrogen-bond donors (Lipinski definition) is 3. The quantitative estimate of drug-likeness (QED) is 0.425. The molecule has 0 fully saturated rings. The Morgan fingerprint density at radius 1 is 0.950 bits per heavy atom. The first-order chi connectivity index (χ1) is 9.66. The lowest BCUT2D eigenvalue weighted by molar-refractivity contribution is -0.136. The van der Waals surface area contributed by atoms with Crippen molar-refractivity contribution in [2.45, 2.75) is 58.3 Å². The zero-order chi connectivity index (χ0) is 15.1. The van der Waals surface area contributed by atoms with E-state index in [-0.39, 0.29) is 12.5 Å². The lowest BCUT2D eigenvalue weighted by Crippen LogP contribution is -2.36. The minimum Gasteiger partial charge on any atom is -0.481 e. The second-order valence-corrected chi connectivity index (χ2v) is 4.59. The molecule has 0 radical (unpaired) electrons. The Labute approximate surface area is 121 Å². The second kappa shape index (κ2) is 13.7. The van der Waals surface area contributed by atoms with Crippen molar-refractivity contribution in [3.63, 3.8) is 0 Å². The predicted octanol–water partition coefficient (Wildman–Crippen LogP) is 2.51. The molecular formula is C15H26N2O3. The summed E-state index contributed by atoms with van der Waals surface area (Å²) in [7, 11) is 0. The number of rotatable bonds is 10. The summed E-state index contributed by atoms with van der Waals surface area (Å²) >= 11 is 0. The van der Waals surface area contributed by atoms with Crippen molar-refractivity contribution in [1.29, 1.82) is 0 Å². The molecule has 2 amide bonds. The lowest BCUT2D eigenvalue weighted by atomic mass is 10.2. The largest absolute Gasteiger partial charge is 0.481 e. The molecule has 0 aliphatic carbocycles. The van der Waals surface area contributed by atoms with Crippen molar-refractivity contribution in [3.05, 3.63) is 0 Å². The average Bonchev–Trinajstić information content (AvgIpc) is 2.41. The van der Waals surface area contributed by atoms with Gasteiger partial charge in [-0.05, 0) is 19.3 Å². The fraction of sp³-hybridized carbons (Fsp3) is 0.733. The monoisotopic (exact) mass is 282 g/mol. The van der Waals surface area contributed by atoms with Crippen molar-refractivity contribution in [3.8, 4) is 11.8 Å². The Kier molecular flexibility index (Phi) is 12.6. The molecule has 0 saturated carbocycles. The van der Waals surface area contributed by atoms with Crippen LogP contribution >= 0.6 is 0 Å². The number of nitrogens with one attached hydrogen (secondary N) is 2. The molecule has 0 bridgehead atoms. The van der Waals surface area contributed by atoms with Crippen LogP contribution in [0, 0.1) is 11.8 Å². The van der Waals surface area contributed by atoms with Crippen LogP contribution in [0.5, 0.6) is 0 Å². The van der Waals surface area contributed by atoms with E-state index < -0.39 is 5.97 Å². The van der Waals surface area contributed by atoms with Gasteiger partial charge in [0, 0.05) is 25.9 Å². The van der Waals surface area contributed by atoms with Crippen LogP contribution in [-0.4, -0.2) is 30.2 Å². The minimum absolute atomic E-state index is 0.103. The molecule has 0 aliphatic heterocycles. The molecule has 114 valence electrons. The molecule has 0 unspecified atom stereocenters. The highest BCUT2D eigenvalue weighted by molar-refractivity contribution is 5.73. The highest BCUT2D eigenvalue weighted by Crippen LogP contribution is 1.94. The van der Waals surface area contributed by atoms with Crippen molar-refractivity contribution >= 4 is 12.0 Å². The molecule has 20 heavy (non-hydrogen) atoms. The molecule has 0 saturated heterocycles. The Balaban J connectivity index is 3.30. The summed E-state index contributed by atoms with van der Waals surface area (Å²) in [5.41, 5.74) is 0. The smallest absolute Gasteiger partial charge is 0.314 e. The minimum atomic E-state index is -0.812. The Morgan fingerprint density at radius 3 is 2.15 bits per heavy atom. The third-order valence-corrected chi connectivity index (χ3v) is 2.67. The molecule has 0 atom stereocenters. The summed E-state index contributed by atoms with van der Waals surface area (Å²) in [4.78, 5) is 21.6. The van der Waals surface area contributed by atoms with Gasteiger partial charge in [-0.25, -0.2) is 4.79 Å². The van der Waals surface area contributed by atoms with E-state index in [1.807, 2.05) is 0 Å². The fourth-order valence-electron chi connectivity index (χ4n) is 1.53. The summed E-state index contributed by atoms with van der Waals surface area (Å²) < 4.78 is 0. The molecule has 5 nitrogen and oxygen atoms in total. The maximum atomic E-state index is 11.3. The maximum Gasteiger partial charge on any atom is 0.314 e. The van der Waals surface area contributed by atoms with Gasteiger partial charge in [0.1, 0.15) is 0 Å². The van der Waals surface area contributed by atoms with Gasteiger partial charge >= 0.3 is 12.0 Å². The van der Waals surface area contributed by atoms with E-state index in [9.17, 15) is 9.59 Å². The summed E-state index contributed by atoms with van der Waals surface area (Å²) in [6, 6.07) is -0.103. The third kappa shape index (κ3) is 14.4. The maximum absolute atomic E-state index is 11.3. The van der Waals surface area contributed by atoms with Crippen LogP contribution in [-0.2, 0) is 4.79 Å². The van der Waals surface area contributed by atoms with E-state index in [1.54, 1.807) is 0 Å². The number of carboxylic acid groups (broad SMARTS) is 1. The summed E-state index contributed by atoms with van der Waals surface area (Å²) in [6.07, 6.45) is 6.37. The van der Waals surface area contributed by atoms with Crippen LogP contribution in [0.3, 0.4) is 0 Å². The third-order valence-electron chi connectivity index (χ3n) is 2.67. The van der Waals surface area contributed by atoms with Gasteiger partial charge in [-0.3, -0.25) is 4.79 Å². The number of unbranched alkanes of at least 4 members (excludes halogenated alkanes) is 4. The van der Waals surface area contributed by atoms with Gasteiger partial charge in [0.25, 0.3) is 0 Å². The van der Waals surface area contributed by atoms with E-state index in [0.29, 0.717) is 13.0 Å². The lowest BCUT2D eigenvalue weighted by Gasteiger charge is -2.06. The molecule has 0 aromatic heterocycles. The predicted molar refractivity (Wildman–Crippen MR) is 79.4 cm³/mol. The SMILES string of the molecule is CCCCCNC(=O)NCCCCC#CCCC(=O)O. The van der Waals surface area contributed by atoms with Crippen molar-refractivity contribution < 1.29 is 14.7 Å². The Morgan fingerprint density at radius 2 is 1.55 bits per heavy atom. The highest BCUT2D eigenvalue weighted by atomic mass is 16.4. The van der Waals surface area contributed by atoms with Crippen LogP contribution in [0.4, 0.5) is 4.79 Å². The molecule has 0 aromatic rings. The number of carbonyl (C=O) groups excluding carboxylic acids is 1. The molecule has 3 N–H and O–H groups in total. The van der Waals surface area contributed by atoms with Crippen molar-refractivity contribution in [2.24, 2.45) is 0 Å². The molecular weight excluding hydrogens is 256 g/mol. The number of carbonyl (C=O) groups is 2. The van der Waals surface area contributed by atoms with Crippen molar-refractivity contribution in [1.82, 2.24) is 10.6 Å². The van der Waals surface area contributed by atoms with Crippen LogP contribution in [0.25, 0.3) is 0 Å². The first-order valence-corrected chi connectivity index (χ1v) is 7.36. The Bertz CT molecular complexity index is 332. The number of urea groups is 1. The Hall–Kier alpha value is -1.70. The van der Waals surface area contributed by atoms with E-state index in [4.69, 9.17) is 5.11 Å². The second-order valence-electron chi connectivity index (χ2n) is 4.59.